The van der Waals surface area contributed by atoms with Gasteiger partial charge in [0, 0.05) is 6.04 Å². The number of carbonyl (C=O) groups is 1. The number of carboxylic acids is 1. The standard InChI is InChI=1S/C13H18ClNO4S2/c1-3-20-7-6-9(2)15-21(18,19)12-8-10(13(16)17)4-5-11(12)14/h4-5,8-9,15H,3,6-7H2,1-2H3,(H,16,17). The summed E-state index contributed by atoms with van der Waals surface area (Å²) >= 11 is 7.61. The topological polar surface area (TPSA) is 83.5 Å². The summed E-state index contributed by atoms with van der Waals surface area (Å²) in [5.41, 5.74) is -0.117. The summed E-state index contributed by atoms with van der Waals surface area (Å²) in [5.74, 6) is 0.630. The highest BCUT2D eigenvalue weighted by Crippen LogP contribution is 2.23. The quantitative estimate of drug-likeness (QED) is 0.703. The lowest BCUT2D eigenvalue weighted by atomic mass is 10.2. The summed E-state index contributed by atoms with van der Waals surface area (Å²) in [7, 11) is -3.84. The molecular formula is C13H18ClNO4S2. The number of benzene rings is 1. The Kier molecular flexibility index (Phi) is 6.99. The summed E-state index contributed by atoms with van der Waals surface area (Å²) in [6.07, 6.45) is 0.688. The minimum absolute atomic E-state index is 0.00244. The summed E-state index contributed by atoms with van der Waals surface area (Å²) in [6.45, 7) is 3.80. The van der Waals surface area contributed by atoms with E-state index in [-0.39, 0.29) is 21.5 Å². The number of halogens is 1. The van der Waals surface area contributed by atoms with Gasteiger partial charge in [0.15, 0.2) is 0 Å². The van der Waals surface area contributed by atoms with Gasteiger partial charge >= 0.3 is 5.97 Å². The van der Waals surface area contributed by atoms with Crippen LogP contribution < -0.4 is 4.72 Å². The van der Waals surface area contributed by atoms with E-state index >= 15 is 0 Å². The Labute approximate surface area is 134 Å². The fourth-order valence-corrected chi connectivity index (χ4v) is 4.25. The SMILES string of the molecule is CCSCCC(C)NS(=O)(=O)c1cc(C(=O)O)ccc1Cl. The molecule has 0 heterocycles. The van der Waals surface area contributed by atoms with Crippen molar-refractivity contribution in [2.75, 3.05) is 11.5 Å². The van der Waals surface area contributed by atoms with Crippen LogP contribution in [-0.2, 0) is 10.0 Å². The molecule has 1 atom stereocenters. The van der Waals surface area contributed by atoms with E-state index in [1.54, 1.807) is 18.7 Å². The molecule has 0 saturated carbocycles. The van der Waals surface area contributed by atoms with Crippen molar-refractivity contribution in [2.24, 2.45) is 0 Å². The van der Waals surface area contributed by atoms with Crippen LogP contribution in [0.3, 0.4) is 0 Å². The average molecular weight is 352 g/mol. The Hall–Kier alpha value is -0.760. The van der Waals surface area contributed by atoms with Gasteiger partial charge in [0.1, 0.15) is 4.90 Å². The van der Waals surface area contributed by atoms with Gasteiger partial charge in [-0.2, -0.15) is 11.8 Å². The molecule has 2 N–H and O–H groups in total. The molecule has 5 nitrogen and oxygen atoms in total. The normalized spacial score (nSPS) is 13.1. The zero-order valence-electron chi connectivity index (χ0n) is 11.8. The van der Waals surface area contributed by atoms with Crippen LogP contribution in [0.4, 0.5) is 0 Å². The van der Waals surface area contributed by atoms with Gasteiger partial charge in [-0.15, -0.1) is 0 Å². The number of aromatic carboxylic acids is 1. The molecule has 0 spiro atoms. The zero-order chi connectivity index (χ0) is 16.0. The average Bonchev–Trinajstić information content (AvgIpc) is 2.38. The lowest BCUT2D eigenvalue weighted by Gasteiger charge is -2.15. The number of sulfonamides is 1. The van der Waals surface area contributed by atoms with Crippen molar-refractivity contribution in [3.05, 3.63) is 28.8 Å². The van der Waals surface area contributed by atoms with Gasteiger partial charge < -0.3 is 5.11 Å². The van der Waals surface area contributed by atoms with Crippen molar-refractivity contribution in [2.45, 2.75) is 31.2 Å². The maximum atomic E-state index is 12.3. The second-order valence-electron chi connectivity index (χ2n) is 4.46. The van der Waals surface area contributed by atoms with Crippen molar-refractivity contribution in [1.29, 1.82) is 0 Å². The molecular weight excluding hydrogens is 334 g/mol. The Morgan fingerprint density at radius 2 is 2.14 bits per heavy atom. The monoisotopic (exact) mass is 351 g/mol. The van der Waals surface area contributed by atoms with Crippen molar-refractivity contribution in [3.63, 3.8) is 0 Å². The lowest BCUT2D eigenvalue weighted by Crippen LogP contribution is -2.33. The number of nitrogens with one attached hydrogen (secondary N) is 1. The molecule has 0 bridgehead atoms. The fraction of sp³-hybridized carbons (Fsp3) is 0.462. The van der Waals surface area contributed by atoms with Crippen LogP contribution in [0, 0.1) is 0 Å². The van der Waals surface area contributed by atoms with Crippen molar-refractivity contribution in [3.8, 4) is 0 Å². The van der Waals surface area contributed by atoms with E-state index in [4.69, 9.17) is 16.7 Å². The Morgan fingerprint density at radius 3 is 2.71 bits per heavy atom. The van der Waals surface area contributed by atoms with Crippen molar-refractivity contribution >= 4 is 39.4 Å². The first-order valence-electron chi connectivity index (χ1n) is 6.41. The molecule has 0 aliphatic rings. The van der Waals surface area contributed by atoms with E-state index in [9.17, 15) is 13.2 Å². The first-order chi connectivity index (χ1) is 9.77. The Bertz CT molecular complexity index is 604. The second-order valence-corrected chi connectivity index (χ2v) is 7.94. The van der Waals surface area contributed by atoms with Crippen LogP contribution in [-0.4, -0.2) is 37.0 Å². The minimum atomic E-state index is -3.84. The van der Waals surface area contributed by atoms with Crippen LogP contribution in [0.5, 0.6) is 0 Å². The minimum Gasteiger partial charge on any atom is -0.478 e. The number of thioether (sulfide) groups is 1. The third kappa shape index (κ3) is 5.50. The molecule has 0 aliphatic carbocycles. The second kappa shape index (κ2) is 8.03. The molecule has 1 aromatic carbocycles. The number of carboxylic acid groups (broad SMARTS) is 1. The summed E-state index contributed by atoms with van der Waals surface area (Å²) in [5, 5.41) is 8.93. The highest BCUT2D eigenvalue weighted by molar-refractivity contribution is 7.99. The maximum Gasteiger partial charge on any atom is 0.335 e. The van der Waals surface area contributed by atoms with Gasteiger partial charge in [0.25, 0.3) is 0 Å². The van der Waals surface area contributed by atoms with E-state index in [2.05, 4.69) is 4.72 Å². The molecule has 1 aromatic rings. The van der Waals surface area contributed by atoms with Gasteiger partial charge in [0.05, 0.1) is 10.6 Å². The third-order valence-electron chi connectivity index (χ3n) is 2.72. The van der Waals surface area contributed by atoms with E-state index in [0.29, 0.717) is 6.42 Å². The van der Waals surface area contributed by atoms with Crippen LogP contribution in [0.25, 0.3) is 0 Å². The van der Waals surface area contributed by atoms with Crippen molar-refractivity contribution in [1.82, 2.24) is 4.72 Å². The van der Waals surface area contributed by atoms with Crippen LogP contribution >= 0.6 is 23.4 Å². The molecule has 21 heavy (non-hydrogen) atoms. The zero-order valence-corrected chi connectivity index (χ0v) is 14.2. The van der Waals surface area contributed by atoms with Crippen LogP contribution in [0.2, 0.25) is 5.02 Å². The molecule has 8 heteroatoms. The van der Waals surface area contributed by atoms with Crippen LogP contribution in [0.1, 0.15) is 30.6 Å². The van der Waals surface area contributed by atoms with Gasteiger partial charge in [-0.25, -0.2) is 17.9 Å². The van der Waals surface area contributed by atoms with Crippen LogP contribution in [0.15, 0.2) is 23.1 Å². The van der Waals surface area contributed by atoms with Gasteiger partial charge in [-0.3, -0.25) is 0 Å². The van der Waals surface area contributed by atoms with E-state index < -0.39 is 16.0 Å². The summed E-state index contributed by atoms with van der Waals surface area (Å²) in [6, 6.07) is 3.36. The molecule has 0 aliphatic heterocycles. The van der Waals surface area contributed by atoms with Gasteiger partial charge in [0.2, 0.25) is 10.0 Å². The van der Waals surface area contributed by atoms with E-state index in [1.807, 2.05) is 6.92 Å². The summed E-state index contributed by atoms with van der Waals surface area (Å²) in [4.78, 5) is 10.7. The molecule has 0 radical (unpaired) electrons. The van der Waals surface area contributed by atoms with Gasteiger partial charge in [-0.05, 0) is 43.0 Å². The third-order valence-corrected chi connectivity index (χ3v) is 5.73. The lowest BCUT2D eigenvalue weighted by molar-refractivity contribution is 0.0696. The molecule has 0 aromatic heterocycles. The number of rotatable bonds is 8. The highest BCUT2D eigenvalue weighted by atomic mass is 35.5. The first-order valence-corrected chi connectivity index (χ1v) is 9.42. The van der Waals surface area contributed by atoms with E-state index in [1.165, 1.54) is 12.1 Å². The fourth-order valence-electron chi connectivity index (χ4n) is 1.63. The largest absolute Gasteiger partial charge is 0.478 e. The molecule has 0 saturated heterocycles. The maximum absolute atomic E-state index is 12.3. The molecule has 0 amide bonds. The molecule has 1 unspecified atom stereocenters. The molecule has 0 fully saturated rings. The number of hydrogen-bond acceptors (Lipinski definition) is 4. The predicted octanol–water partition coefficient (Wildman–Crippen LogP) is 2.85. The molecule has 118 valence electrons. The highest BCUT2D eigenvalue weighted by Gasteiger charge is 2.22. The smallest absolute Gasteiger partial charge is 0.335 e. The predicted molar refractivity (Wildman–Crippen MR) is 85.8 cm³/mol. The van der Waals surface area contributed by atoms with Crippen molar-refractivity contribution < 1.29 is 18.3 Å². The summed E-state index contributed by atoms with van der Waals surface area (Å²) < 4.78 is 27.1. The first kappa shape index (κ1) is 18.3. The van der Waals surface area contributed by atoms with Gasteiger partial charge in [-0.1, -0.05) is 18.5 Å². The Morgan fingerprint density at radius 1 is 1.48 bits per heavy atom. The number of hydrogen-bond donors (Lipinski definition) is 2. The Balaban J connectivity index is 2.92. The van der Waals surface area contributed by atoms with E-state index in [0.717, 1.165) is 17.6 Å². The molecule has 1 rings (SSSR count).